The Balaban J connectivity index is 1.68. The molecule has 0 spiro atoms. The van der Waals surface area contributed by atoms with Crippen LogP contribution in [0.25, 0.3) is 0 Å². The third-order valence-corrected chi connectivity index (χ3v) is 7.25. The number of thiophene rings is 1. The lowest BCUT2D eigenvalue weighted by atomic mass is 9.95. The van der Waals surface area contributed by atoms with Crippen molar-refractivity contribution in [2.24, 2.45) is 0 Å². The Morgan fingerprint density at radius 1 is 1.06 bits per heavy atom. The highest BCUT2D eigenvalue weighted by molar-refractivity contribution is 7.10. The number of amides is 2. The molecular formula is C26H28ClN3O2S. The highest BCUT2D eigenvalue weighted by atomic mass is 35.5. The lowest BCUT2D eigenvalue weighted by Gasteiger charge is -2.33. The van der Waals surface area contributed by atoms with Crippen LogP contribution in [0.5, 0.6) is 0 Å². The summed E-state index contributed by atoms with van der Waals surface area (Å²) in [5, 5.41) is 5.73. The summed E-state index contributed by atoms with van der Waals surface area (Å²) < 4.78 is 0. The van der Waals surface area contributed by atoms with Gasteiger partial charge in [0.1, 0.15) is 0 Å². The zero-order chi connectivity index (χ0) is 23.0. The lowest BCUT2D eigenvalue weighted by Crippen LogP contribution is -2.47. The minimum atomic E-state index is -0.836. The number of carbonyl (C=O) groups excluding carboxylic acids is 2. The van der Waals surface area contributed by atoms with Gasteiger partial charge in [-0.05, 0) is 48.1 Å². The third kappa shape index (κ3) is 6.21. The van der Waals surface area contributed by atoms with Crippen LogP contribution in [-0.2, 0) is 22.6 Å². The molecular weight excluding hydrogens is 454 g/mol. The Labute approximate surface area is 203 Å². The molecule has 1 aliphatic carbocycles. The summed E-state index contributed by atoms with van der Waals surface area (Å²) in [4.78, 5) is 34.3. The number of nitrogens with one attached hydrogen (secondary N) is 1. The number of benzene rings is 1. The monoisotopic (exact) mass is 481 g/mol. The molecule has 2 aromatic heterocycles. The van der Waals surface area contributed by atoms with Crippen molar-refractivity contribution in [3.8, 4) is 0 Å². The standard InChI is InChI=1S/C26H28ClN3O2S/c27-22-13-5-4-9-19(22)18-30(24(31)17-21-12-8-16-33-21)25(23-14-6-7-15-28-23)26(32)29-20-10-2-1-3-11-20/h4-9,12-16,20,25H,1-3,10-11,17-18H2,(H,29,32)/t25-/m0/s1. The maximum absolute atomic E-state index is 13.7. The molecule has 172 valence electrons. The Bertz CT molecular complexity index is 1050. The van der Waals surface area contributed by atoms with E-state index in [0.29, 0.717) is 10.7 Å². The summed E-state index contributed by atoms with van der Waals surface area (Å²) in [6.07, 6.45) is 7.24. The van der Waals surface area contributed by atoms with Gasteiger partial charge in [0.2, 0.25) is 11.8 Å². The Kier molecular flexibility index (Phi) is 8.13. The van der Waals surface area contributed by atoms with Crippen molar-refractivity contribution < 1.29 is 9.59 Å². The van der Waals surface area contributed by atoms with Crippen LogP contribution in [0, 0.1) is 0 Å². The van der Waals surface area contributed by atoms with Crippen LogP contribution in [0.3, 0.4) is 0 Å². The smallest absolute Gasteiger partial charge is 0.249 e. The average Bonchev–Trinajstić information content (AvgIpc) is 3.34. The van der Waals surface area contributed by atoms with E-state index in [9.17, 15) is 9.59 Å². The van der Waals surface area contributed by atoms with Gasteiger partial charge in [0, 0.05) is 28.7 Å². The summed E-state index contributed by atoms with van der Waals surface area (Å²) in [6, 6.07) is 16.1. The highest BCUT2D eigenvalue weighted by Crippen LogP contribution is 2.27. The summed E-state index contributed by atoms with van der Waals surface area (Å²) in [5.41, 5.74) is 1.35. The molecule has 2 heterocycles. The molecule has 1 N–H and O–H groups in total. The zero-order valence-electron chi connectivity index (χ0n) is 18.5. The van der Waals surface area contributed by atoms with Gasteiger partial charge in [-0.15, -0.1) is 11.3 Å². The molecule has 33 heavy (non-hydrogen) atoms. The van der Waals surface area contributed by atoms with Crippen LogP contribution < -0.4 is 5.32 Å². The van der Waals surface area contributed by atoms with Gasteiger partial charge in [-0.1, -0.05) is 61.2 Å². The molecule has 1 aromatic carbocycles. The van der Waals surface area contributed by atoms with Gasteiger partial charge in [-0.2, -0.15) is 0 Å². The topological polar surface area (TPSA) is 62.3 Å². The van der Waals surface area contributed by atoms with Crippen molar-refractivity contribution >= 4 is 34.8 Å². The van der Waals surface area contributed by atoms with Gasteiger partial charge in [0.25, 0.3) is 0 Å². The molecule has 1 aliphatic rings. The maximum atomic E-state index is 13.7. The van der Waals surface area contributed by atoms with Crippen molar-refractivity contribution in [1.29, 1.82) is 0 Å². The predicted molar refractivity (Wildman–Crippen MR) is 132 cm³/mol. The second-order valence-electron chi connectivity index (χ2n) is 8.37. The SMILES string of the molecule is O=C(NC1CCCCC1)[C@H](c1ccccn1)N(Cc1ccccc1Cl)C(=O)Cc1cccs1. The van der Waals surface area contributed by atoms with E-state index in [1.54, 1.807) is 17.2 Å². The van der Waals surface area contributed by atoms with Crippen LogP contribution in [0.1, 0.15) is 54.3 Å². The van der Waals surface area contributed by atoms with E-state index >= 15 is 0 Å². The molecule has 1 saturated carbocycles. The van der Waals surface area contributed by atoms with E-state index < -0.39 is 6.04 Å². The van der Waals surface area contributed by atoms with Gasteiger partial charge in [0.15, 0.2) is 6.04 Å². The summed E-state index contributed by atoms with van der Waals surface area (Å²) in [7, 11) is 0. The van der Waals surface area contributed by atoms with E-state index in [1.165, 1.54) is 17.8 Å². The molecule has 4 rings (SSSR count). The van der Waals surface area contributed by atoms with E-state index in [1.807, 2.05) is 53.9 Å². The molecule has 1 fully saturated rings. The first-order chi connectivity index (χ1) is 16.1. The predicted octanol–water partition coefficient (Wildman–Crippen LogP) is 5.56. The van der Waals surface area contributed by atoms with Crippen LogP contribution in [0.2, 0.25) is 5.02 Å². The molecule has 0 bridgehead atoms. The summed E-state index contributed by atoms with van der Waals surface area (Å²) in [6.45, 7) is 0.225. The first kappa shape index (κ1) is 23.5. The van der Waals surface area contributed by atoms with Crippen molar-refractivity contribution in [2.75, 3.05) is 0 Å². The molecule has 2 amide bonds. The van der Waals surface area contributed by atoms with Crippen LogP contribution in [0.15, 0.2) is 66.2 Å². The summed E-state index contributed by atoms with van der Waals surface area (Å²) >= 11 is 7.98. The van der Waals surface area contributed by atoms with Gasteiger partial charge >= 0.3 is 0 Å². The van der Waals surface area contributed by atoms with Gasteiger partial charge in [0.05, 0.1) is 12.1 Å². The zero-order valence-corrected chi connectivity index (χ0v) is 20.0. The minimum Gasteiger partial charge on any atom is -0.351 e. The van der Waals surface area contributed by atoms with E-state index in [4.69, 9.17) is 11.6 Å². The van der Waals surface area contributed by atoms with E-state index in [2.05, 4.69) is 10.3 Å². The molecule has 0 saturated heterocycles. The molecule has 0 aliphatic heterocycles. The first-order valence-corrected chi connectivity index (χ1v) is 12.6. The number of halogens is 1. The number of nitrogens with zero attached hydrogens (tertiary/aromatic N) is 2. The van der Waals surface area contributed by atoms with Crippen LogP contribution >= 0.6 is 22.9 Å². The molecule has 3 aromatic rings. The second-order valence-corrected chi connectivity index (χ2v) is 9.81. The number of aromatic nitrogens is 1. The fraction of sp³-hybridized carbons (Fsp3) is 0.346. The lowest BCUT2D eigenvalue weighted by molar-refractivity contribution is -0.141. The maximum Gasteiger partial charge on any atom is 0.249 e. The molecule has 0 radical (unpaired) electrons. The minimum absolute atomic E-state index is 0.132. The van der Waals surface area contributed by atoms with Crippen molar-refractivity contribution in [3.05, 3.63) is 87.3 Å². The Morgan fingerprint density at radius 3 is 2.55 bits per heavy atom. The number of pyridine rings is 1. The normalized spacial score (nSPS) is 15.1. The first-order valence-electron chi connectivity index (χ1n) is 11.4. The summed E-state index contributed by atoms with van der Waals surface area (Å²) in [5.74, 6) is -0.320. The second kappa shape index (κ2) is 11.4. The molecule has 1 atom stereocenters. The molecule has 7 heteroatoms. The molecule has 5 nitrogen and oxygen atoms in total. The van der Waals surface area contributed by atoms with Gasteiger partial charge < -0.3 is 10.2 Å². The van der Waals surface area contributed by atoms with Crippen molar-refractivity contribution in [3.63, 3.8) is 0 Å². The fourth-order valence-electron chi connectivity index (χ4n) is 4.30. The van der Waals surface area contributed by atoms with Crippen molar-refractivity contribution in [2.45, 2.75) is 57.2 Å². The quantitative estimate of drug-likeness (QED) is 0.458. The Hall–Kier alpha value is -2.70. The third-order valence-electron chi connectivity index (χ3n) is 6.00. The van der Waals surface area contributed by atoms with Gasteiger partial charge in [-0.3, -0.25) is 14.6 Å². The van der Waals surface area contributed by atoms with Crippen LogP contribution in [-0.4, -0.2) is 27.7 Å². The van der Waals surface area contributed by atoms with E-state index in [0.717, 1.165) is 36.1 Å². The van der Waals surface area contributed by atoms with Gasteiger partial charge in [-0.25, -0.2) is 0 Å². The number of hydrogen-bond donors (Lipinski definition) is 1. The van der Waals surface area contributed by atoms with Crippen LogP contribution in [0.4, 0.5) is 0 Å². The highest BCUT2D eigenvalue weighted by Gasteiger charge is 2.34. The largest absolute Gasteiger partial charge is 0.351 e. The van der Waals surface area contributed by atoms with E-state index in [-0.39, 0.29) is 30.8 Å². The van der Waals surface area contributed by atoms with Crippen molar-refractivity contribution in [1.82, 2.24) is 15.2 Å². The number of hydrogen-bond acceptors (Lipinski definition) is 4. The average molecular weight is 482 g/mol. The number of rotatable bonds is 8. The Morgan fingerprint density at radius 2 is 1.85 bits per heavy atom. The molecule has 0 unspecified atom stereocenters. The fourth-order valence-corrected chi connectivity index (χ4v) is 5.19. The number of carbonyl (C=O) groups is 2.